The molecule has 1 aliphatic rings. The lowest BCUT2D eigenvalue weighted by Gasteiger charge is -2.25. The third-order valence-electron chi connectivity index (χ3n) is 6.82. The van der Waals surface area contributed by atoms with E-state index in [0.717, 1.165) is 10.1 Å². The first-order chi connectivity index (χ1) is 19.8. The summed E-state index contributed by atoms with van der Waals surface area (Å²) >= 11 is 0. The van der Waals surface area contributed by atoms with E-state index in [1.807, 2.05) is 30.3 Å². The van der Waals surface area contributed by atoms with E-state index in [9.17, 15) is 23.9 Å². The summed E-state index contributed by atoms with van der Waals surface area (Å²) < 4.78 is 20.5. The number of ether oxygens (including phenoxy) is 1. The highest BCUT2D eigenvalue weighted by atomic mass is 19.1. The third kappa shape index (κ3) is 6.12. The Balaban J connectivity index is 1.44. The molecule has 41 heavy (non-hydrogen) atoms. The number of aromatic hydroxyl groups is 1. The van der Waals surface area contributed by atoms with Crippen molar-refractivity contribution in [2.45, 2.75) is 31.7 Å². The van der Waals surface area contributed by atoms with Crippen LogP contribution in [-0.2, 0) is 24.9 Å². The first kappa shape index (κ1) is 27.6. The molecular formula is C29H27FN6O5. The van der Waals surface area contributed by atoms with E-state index < -0.39 is 46.8 Å². The van der Waals surface area contributed by atoms with Crippen LogP contribution in [0.25, 0.3) is 0 Å². The number of carbonyl (C=O) groups is 2. The zero-order valence-corrected chi connectivity index (χ0v) is 22.1. The molecule has 2 N–H and O–H groups in total. The van der Waals surface area contributed by atoms with Crippen LogP contribution < -0.4 is 10.9 Å². The Bertz CT molecular complexity index is 1600. The van der Waals surface area contributed by atoms with Crippen LogP contribution in [0, 0.1) is 5.82 Å². The minimum absolute atomic E-state index is 0.0148. The van der Waals surface area contributed by atoms with Crippen LogP contribution in [0.15, 0.2) is 78.0 Å². The monoisotopic (exact) mass is 558 g/mol. The van der Waals surface area contributed by atoms with Crippen molar-refractivity contribution in [1.29, 1.82) is 0 Å². The quantitative estimate of drug-likeness (QED) is 0.336. The summed E-state index contributed by atoms with van der Waals surface area (Å²) in [5.41, 5.74) is 0.340. The van der Waals surface area contributed by atoms with Gasteiger partial charge in [0.2, 0.25) is 5.75 Å². The van der Waals surface area contributed by atoms with E-state index >= 15 is 0 Å². The first-order valence-corrected chi connectivity index (χ1v) is 12.9. The lowest BCUT2D eigenvalue weighted by molar-refractivity contribution is 0.0436. The van der Waals surface area contributed by atoms with Crippen LogP contribution >= 0.6 is 0 Å². The van der Waals surface area contributed by atoms with Gasteiger partial charge in [0.25, 0.3) is 17.4 Å². The van der Waals surface area contributed by atoms with Gasteiger partial charge in [-0.3, -0.25) is 23.9 Å². The predicted octanol–water partition coefficient (Wildman–Crippen LogP) is 2.52. The number of amides is 2. The average molecular weight is 559 g/mol. The Kier molecular flexibility index (Phi) is 8.11. The molecule has 0 aliphatic carbocycles. The summed E-state index contributed by atoms with van der Waals surface area (Å²) in [4.78, 5) is 53.5. The highest BCUT2D eigenvalue weighted by Crippen LogP contribution is 2.34. The van der Waals surface area contributed by atoms with Crippen LogP contribution in [0.2, 0.25) is 0 Å². The van der Waals surface area contributed by atoms with Gasteiger partial charge in [0.1, 0.15) is 17.3 Å². The van der Waals surface area contributed by atoms with Gasteiger partial charge in [0.15, 0.2) is 5.69 Å². The summed E-state index contributed by atoms with van der Waals surface area (Å²) in [6.45, 7) is 0.501. The van der Waals surface area contributed by atoms with Gasteiger partial charge in [-0.25, -0.2) is 14.4 Å². The molecule has 0 radical (unpaired) electrons. The molecule has 2 amide bonds. The van der Waals surface area contributed by atoms with Crippen molar-refractivity contribution < 1.29 is 23.8 Å². The number of carbonyl (C=O) groups excluding carboxylic acids is 2. The molecule has 1 fully saturated rings. The fourth-order valence-corrected chi connectivity index (χ4v) is 4.66. The minimum Gasteiger partial charge on any atom is -0.501 e. The molecule has 1 saturated heterocycles. The van der Waals surface area contributed by atoms with Crippen molar-refractivity contribution in [3.05, 3.63) is 118 Å². The summed E-state index contributed by atoms with van der Waals surface area (Å²) in [5, 5.41) is 13.1. The van der Waals surface area contributed by atoms with Gasteiger partial charge < -0.3 is 20.1 Å². The Morgan fingerprint density at radius 2 is 1.85 bits per heavy atom. The van der Waals surface area contributed by atoms with E-state index in [2.05, 4.69) is 20.3 Å². The van der Waals surface area contributed by atoms with Crippen molar-refractivity contribution in [2.75, 3.05) is 6.54 Å². The number of nitrogens with zero attached hydrogens (tertiary/aromatic N) is 5. The smallest absolute Gasteiger partial charge is 0.296 e. The van der Waals surface area contributed by atoms with Gasteiger partial charge in [0, 0.05) is 39.0 Å². The van der Waals surface area contributed by atoms with Crippen molar-refractivity contribution >= 4 is 11.8 Å². The number of benzene rings is 2. The Morgan fingerprint density at radius 1 is 1.10 bits per heavy atom. The number of rotatable bonds is 8. The molecule has 210 valence electrons. The number of halogens is 1. The van der Waals surface area contributed by atoms with Crippen LogP contribution in [0.1, 0.15) is 50.4 Å². The summed E-state index contributed by atoms with van der Waals surface area (Å²) in [7, 11) is 1.41. The molecule has 11 nitrogen and oxygen atoms in total. The van der Waals surface area contributed by atoms with Crippen LogP contribution in [-0.4, -0.2) is 54.0 Å². The normalized spacial score (nSPS) is 16.5. The molecule has 2 aromatic carbocycles. The van der Waals surface area contributed by atoms with Gasteiger partial charge in [-0.2, -0.15) is 0 Å². The third-order valence-corrected chi connectivity index (χ3v) is 6.82. The highest BCUT2D eigenvalue weighted by molar-refractivity contribution is 5.95. The van der Waals surface area contributed by atoms with E-state index in [1.165, 1.54) is 54.8 Å². The highest BCUT2D eigenvalue weighted by Gasteiger charge is 2.40. The summed E-state index contributed by atoms with van der Waals surface area (Å²) in [6, 6.07) is 14.3. The van der Waals surface area contributed by atoms with Crippen molar-refractivity contribution in [3.8, 4) is 5.75 Å². The van der Waals surface area contributed by atoms with E-state index in [4.69, 9.17) is 4.74 Å². The summed E-state index contributed by atoms with van der Waals surface area (Å²) in [6.07, 6.45) is 4.06. The molecule has 0 spiro atoms. The Labute approximate surface area is 234 Å². The lowest BCUT2D eigenvalue weighted by atomic mass is 10.1. The number of hydrogen-bond acceptors (Lipinski definition) is 8. The molecule has 5 rings (SSSR count). The molecule has 0 saturated carbocycles. The lowest BCUT2D eigenvalue weighted by Crippen LogP contribution is -2.37. The second-order valence-corrected chi connectivity index (χ2v) is 9.56. The maximum absolute atomic E-state index is 13.5. The Hall–Kier alpha value is -4.97. The fraction of sp³-hybridized carbons (Fsp3) is 0.241. The number of hydrogen-bond donors (Lipinski definition) is 2. The van der Waals surface area contributed by atoms with Crippen LogP contribution in [0.4, 0.5) is 4.39 Å². The van der Waals surface area contributed by atoms with Crippen molar-refractivity contribution in [1.82, 2.24) is 29.7 Å². The minimum atomic E-state index is -0.845. The number of aromatic nitrogens is 4. The maximum atomic E-state index is 13.5. The zero-order valence-electron chi connectivity index (χ0n) is 22.1. The number of likely N-dealkylation sites (tertiary alicyclic amines) is 1. The molecule has 12 heteroatoms. The van der Waals surface area contributed by atoms with Crippen LogP contribution in [0.3, 0.4) is 0 Å². The second kappa shape index (κ2) is 12.0. The van der Waals surface area contributed by atoms with E-state index in [1.54, 1.807) is 0 Å². The molecule has 2 atom stereocenters. The van der Waals surface area contributed by atoms with E-state index in [-0.39, 0.29) is 31.0 Å². The topological polar surface area (TPSA) is 140 Å². The molecule has 3 heterocycles. The molecule has 0 bridgehead atoms. The number of nitrogens with one attached hydrogen (secondary N) is 1. The van der Waals surface area contributed by atoms with Crippen LogP contribution in [0.5, 0.6) is 5.75 Å². The standard InChI is InChI=1S/C29H27FN6O5/c1-35-26(34-24(25(37)29(35)40)27(38)33-14-18-7-9-20(30)10-8-18)23-13-21(41-17-19-5-3-2-4-6-19)16-36(23)28(39)22-15-31-11-12-32-22/h2-12,15,21,23,37H,13-14,16-17H2,1H3,(H,33,38). The SMILES string of the molecule is Cn1c(C2CC(OCc3ccccc3)CN2C(=O)c2cnccn2)nc(C(=O)NCc2ccc(F)cc2)c(O)c1=O. The fourth-order valence-electron chi connectivity index (χ4n) is 4.66. The molecular weight excluding hydrogens is 531 g/mol. The largest absolute Gasteiger partial charge is 0.501 e. The summed E-state index contributed by atoms with van der Waals surface area (Å²) in [5.74, 6) is -2.39. The predicted molar refractivity (Wildman–Crippen MR) is 144 cm³/mol. The van der Waals surface area contributed by atoms with Crippen molar-refractivity contribution in [2.24, 2.45) is 7.05 Å². The molecule has 1 aliphatic heterocycles. The Morgan fingerprint density at radius 3 is 2.56 bits per heavy atom. The van der Waals surface area contributed by atoms with Gasteiger partial charge >= 0.3 is 0 Å². The van der Waals surface area contributed by atoms with Gasteiger partial charge in [0.05, 0.1) is 24.9 Å². The van der Waals surface area contributed by atoms with Gasteiger partial charge in [-0.05, 0) is 23.3 Å². The molecule has 4 aromatic rings. The van der Waals surface area contributed by atoms with Gasteiger partial charge in [-0.1, -0.05) is 42.5 Å². The molecule has 2 unspecified atom stereocenters. The van der Waals surface area contributed by atoms with E-state index in [0.29, 0.717) is 12.2 Å². The zero-order chi connectivity index (χ0) is 28.9. The molecule has 2 aromatic heterocycles. The van der Waals surface area contributed by atoms with Crippen molar-refractivity contribution in [3.63, 3.8) is 0 Å². The first-order valence-electron chi connectivity index (χ1n) is 12.9. The van der Waals surface area contributed by atoms with Gasteiger partial charge in [-0.15, -0.1) is 0 Å². The average Bonchev–Trinajstić information content (AvgIpc) is 3.43. The maximum Gasteiger partial charge on any atom is 0.296 e. The second-order valence-electron chi connectivity index (χ2n) is 9.56.